The molecule has 0 saturated carbocycles. The number of benzene rings is 2. The van der Waals surface area contributed by atoms with Crippen LogP contribution in [0.15, 0.2) is 85.0 Å². The van der Waals surface area contributed by atoms with Gasteiger partial charge in [0.2, 0.25) is 0 Å². The Morgan fingerprint density at radius 2 is 0.966 bits per heavy atom. The van der Waals surface area contributed by atoms with Crippen molar-refractivity contribution in [3.8, 4) is 11.5 Å². The summed E-state index contributed by atoms with van der Waals surface area (Å²) >= 11 is -4.58. The number of hydrogen-bond donors (Lipinski definition) is 0. The molecule has 0 amide bonds. The zero-order valence-corrected chi connectivity index (χ0v) is 17.5. The van der Waals surface area contributed by atoms with Crippen molar-refractivity contribution >= 4 is 0 Å². The fourth-order valence-corrected chi connectivity index (χ4v) is 12.1. The van der Waals surface area contributed by atoms with E-state index in [0.717, 1.165) is 24.3 Å². The summed E-state index contributed by atoms with van der Waals surface area (Å²) in [7, 11) is 0. The van der Waals surface area contributed by atoms with Crippen LogP contribution in [0.25, 0.3) is 0 Å². The normalized spacial score (nSPS) is 16.1. The molecule has 0 fully saturated rings. The van der Waals surface area contributed by atoms with Gasteiger partial charge in [0, 0.05) is 0 Å². The summed E-state index contributed by atoms with van der Waals surface area (Å²) in [5, 5.41) is 0. The molecule has 2 aliphatic rings. The summed E-state index contributed by atoms with van der Waals surface area (Å²) < 4.78 is 67.5. The molecular formula is C22H16F4O2Zr. The van der Waals surface area contributed by atoms with Gasteiger partial charge in [0.05, 0.1) is 0 Å². The average molecular weight is 480 g/mol. The van der Waals surface area contributed by atoms with Gasteiger partial charge in [-0.3, -0.25) is 0 Å². The van der Waals surface area contributed by atoms with Gasteiger partial charge < -0.3 is 0 Å². The molecule has 0 bridgehead atoms. The minimum absolute atomic E-state index is 0.160. The SMILES string of the molecule is Fc1ccc([O][Zr]([O]c2ccc(F)cc2F)([CH]2C=CC=C2)[CH]2C=CC=C2)c(F)c1. The van der Waals surface area contributed by atoms with E-state index < -0.39 is 44.4 Å². The van der Waals surface area contributed by atoms with Crippen molar-refractivity contribution in [3.63, 3.8) is 0 Å². The number of rotatable bonds is 6. The van der Waals surface area contributed by atoms with Gasteiger partial charge in [-0.2, -0.15) is 0 Å². The predicted molar refractivity (Wildman–Crippen MR) is 98.0 cm³/mol. The molecule has 0 N–H and O–H groups in total. The molecule has 0 heterocycles. The molecule has 0 aliphatic heterocycles. The van der Waals surface area contributed by atoms with Gasteiger partial charge in [-0.1, -0.05) is 0 Å². The molecule has 29 heavy (non-hydrogen) atoms. The van der Waals surface area contributed by atoms with Gasteiger partial charge in [0.15, 0.2) is 0 Å². The van der Waals surface area contributed by atoms with Gasteiger partial charge in [-0.25, -0.2) is 0 Å². The van der Waals surface area contributed by atoms with E-state index in [9.17, 15) is 17.6 Å². The molecule has 7 heteroatoms. The molecule has 2 nitrogen and oxygen atoms in total. The third-order valence-electron chi connectivity index (χ3n) is 4.75. The first-order chi connectivity index (χ1) is 14.0. The second kappa shape index (κ2) is 8.15. The van der Waals surface area contributed by atoms with Crippen LogP contribution < -0.4 is 5.63 Å². The van der Waals surface area contributed by atoms with Crippen LogP contribution in [-0.4, -0.2) is 0 Å². The molecule has 2 aromatic rings. The Kier molecular flexibility index (Phi) is 5.59. The summed E-state index contributed by atoms with van der Waals surface area (Å²) in [6.07, 6.45) is 14.7. The third-order valence-corrected chi connectivity index (χ3v) is 13.9. The van der Waals surface area contributed by atoms with E-state index in [1.807, 2.05) is 48.6 Å². The van der Waals surface area contributed by atoms with Crippen molar-refractivity contribution in [2.75, 3.05) is 0 Å². The van der Waals surface area contributed by atoms with Crippen LogP contribution in [0.2, 0.25) is 7.25 Å². The van der Waals surface area contributed by atoms with Gasteiger partial charge in [-0.05, 0) is 0 Å². The zero-order chi connectivity index (χ0) is 20.4. The van der Waals surface area contributed by atoms with Gasteiger partial charge >= 0.3 is 171 Å². The topological polar surface area (TPSA) is 18.5 Å². The van der Waals surface area contributed by atoms with E-state index in [2.05, 4.69) is 0 Å². The standard InChI is InChI=1S/2C6H4F2O.2C5H5.Zr/c2*7-4-1-2-6(9)5(8)3-4;2*1-2-4-5-3-1;/h2*1-3,9H;2*1-5H;/q;;;;+2/p-2. The maximum absolute atomic E-state index is 14.4. The quantitative estimate of drug-likeness (QED) is 0.440. The van der Waals surface area contributed by atoms with Crippen molar-refractivity contribution in [1.29, 1.82) is 0 Å². The van der Waals surface area contributed by atoms with E-state index in [0.29, 0.717) is 0 Å². The van der Waals surface area contributed by atoms with Crippen LogP contribution in [-0.2, 0) is 21.1 Å². The Bertz CT molecular complexity index is 938. The monoisotopic (exact) mass is 478 g/mol. The molecule has 0 spiro atoms. The number of hydrogen-bond acceptors (Lipinski definition) is 2. The maximum atomic E-state index is 14.4. The summed E-state index contributed by atoms with van der Waals surface area (Å²) in [6.45, 7) is 0. The second-order valence-corrected chi connectivity index (χ2v) is 14.5. The first kappa shape index (κ1) is 19.9. The van der Waals surface area contributed by atoms with E-state index in [4.69, 9.17) is 5.63 Å². The fraction of sp³-hybridized carbons (Fsp3) is 0.0909. The van der Waals surface area contributed by atoms with Crippen LogP contribution in [0, 0.1) is 23.3 Å². The van der Waals surface area contributed by atoms with Gasteiger partial charge in [0.1, 0.15) is 0 Å². The molecule has 0 saturated heterocycles. The third kappa shape index (κ3) is 4.02. The van der Waals surface area contributed by atoms with Gasteiger partial charge in [0.25, 0.3) is 0 Å². The van der Waals surface area contributed by atoms with E-state index in [-0.39, 0.29) is 18.8 Å². The molecule has 0 unspecified atom stereocenters. The first-order valence-electron chi connectivity index (χ1n) is 8.96. The number of halogens is 4. The predicted octanol–water partition coefficient (Wildman–Crippen LogP) is 6.51. The first-order valence-corrected chi connectivity index (χ1v) is 13.8. The molecule has 0 radical (unpaired) electrons. The second-order valence-electron chi connectivity index (χ2n) is 6.67. The molecule has 2 aliphatic carbocycles. The van der Waals surface area contributed by atoms with Crippen molar-refractivity contribution in [2.45, 2.75) is 7.25 Å². The Labute approximate surface area is 171 Å². The zero-order valence-electron chi connectivity index (χ0n) is 15.1. The summed E-state index contributed by atoms with van der Waals surface area (Å²) in [5.41, 5.74) is 0. The number of allylic oxidation sites excluding steroid dienone is 8. The average Bonchev–Trinajstić information content (AvgIpc) is 3.39. The van der Waals surface area contributed by atoms with Crippen molar-refractivity contribution in [3.05, 3.63) is 108 Å². The van der Waals surface area contributed by atoms with Gasteiger partial charge in [-0.15, -0.1) is 0 Å². The van der Waals surface area contributed by atoms with Crippen molar-refractivity contribution < 1.29 is 44.3 Å². The molecule has 148 valence electrons. The summed E-state index contributed by atoms with van der Waals surface area (Å²) in [5.74, 6) is -3.53. The minimum atomic E-state index is -4.58. The molecule has 4 rings (SSSR count). The Balaban J connectivity index is 1.83. The van der Waals surface area contributed by atoms with E-state index in [1.165, 1.54) is 12.1 Å². The van der Waals surface area contributed by atoms with Crippen LogP contribution in [0.3, 0.4) is 0 Å². The van der Waals surface area contributed by atoms with Crippen LogP contribution >= 0.6 is 0 Å². The van der Waals surface area contributed by atoms with Crippen LogP contribution in [0.5, 0.6) is 11.5 Å². The molecule has 2 aromatic carbocycles. The molecule has 0 atom stereocenters. The Morgan fingerprint density at radius 1 is 0.586 bits per heavy atom. The van der Waals surface area contributed by atoms with E-state index in [1.54, 1.807) is 0 Å². The Morgan fingerprint density at radius 3 is 1.31 bits per heavy atom. The summed E-state index contributed by atoms with van der Waals surface area (Å²) in [4.78, 5) is 0. The van der Waals surface area contributed by atoms with Crippen molar-refractivity contribution in [1.82, 2.24) is 0 Å². The van der Waals surface area contributed by atoms with Crippen molar-refractivity contribution in [2.24, 2.45) is 0 Å². The Hall–Kier alpha value is -2.40. The van der Waals surface area contributed by atoms with Crippen LogP contribution in [0.1, 0.15) is 0 Å². The molecular weight excluding hydrogens is 463 g/mol. The fourth-order valence-electron chi connectivity index (χ4n) is 3.38. The summed E-state index contributed by atoms with van der Waals surface area (Å²) in [6, 6.07) is 6.04. The van der Waals surface area contributed by atoms with Crippen LogP contribution in [0.4, 0.5) is 17.6 Å². The van der Waals surface area contributed by atoms with E-state index >= 15 is 0 Å². The molecule has 0 aromatic heterocycles.